The van der Waals surface area contributed by atoms with Gasteiger partial charge in [-0.15, -0.1) is 0 Å². The van der Waals surface area contributed by atoms with Crippen LogP contribution in [0.3, 0.4) is 0 Å². The van der Waals surface area contributed by atoms with Crippen molar-refractivity contribution in [3.05, 3.63) is 30.3 Å². The number of aliphatic hydroxyl groups is 1. The van der Waals surface area contributed by atoms with Crippen LogP contribution < -0.4 is 4.90 Å². The fourth-order valence-electron chi connectivity index (χ4n) is 1.59. The summed E-state index contributed by atoms with van der Waals surface area (Å²) in [6.45, 7) is 6.89. The summed E-state index contributed by atoms with van der Waals surface area (Å²) in [7, 11) is 0. The molecule has 2 heteroatoms. The molecular weight excluding hydrogens is 174 g/mol. The Balaban J connectivity index is 2.82. The summed E-state index contributed by atoms with van der Waals surface area (Å²) < 4.78 is 0. The molecule has 2 atom stereocenters. The third-order valence-corrected chi connectivity index (χ3v) is 2.62. The van der Waals surface area contributed by atoms with E-state index in [1.54, 1.807) is 0 Å². The molecule has 2 nitrogen and oxygen atoms in total. The summed E-state index contributed by atoms with van der Waals surface area (Å²) in [5, 5.41) is 9.54. The number of rotatable bonds is 4. The number of hydrogen-bond donors (Lipinski definition) is 1. The SMILES string of the molecule is CCN(c1ccccc1)C(C)C(C)O. The molecule has 0 bridgehead atoms. The maximum atomic E-state index is 9.54. The van der Waals surface area contributed by atoms with Gasteiger partial charge >= 0.3 is 0 Å². The third-order valence-electron chi connectivity index (χ3n) is 2.62. The first-order valence-corrected chi connectivity index (χ1v) is 5.16. The Labute approximate surface area is 86.2 Å². The maximum absolute atomic E-state index is 9.54. The number of para-hydroxylation sites is 1. The van der Waals surface area contributed by atoms with Crippen LogP contribution in [0.2, 0.25) is 0 Å². The highest BCUT2D eigenvalue weighted by Crippen LogP contribution is 2.17. The first-order valence-electron chi connectivity index (χ1n) is 5.16. The normalized spacial score (nSPS) is 14.9. The third kappa shape index (κ3) is 2.48. The predicted octanol–water partition coefficient (Wildman–Crippen LogP) is 2.28. The number of aliphatic hydroxyl groups excluding tert-OH is 1. The highest BCUT2D eigenvalue weighted by molar-refractivity contribution is 5.46. The standard InChI is InChI=1S/C12H19NO/c1-4-13(10(2)11(3)14)12-8-6-5-7-9-12/h5-11,14H,4H2,1-3H3. The van der Waals surface area contributed by atoms with Gasteiger partial charge in [0.05, 0.1) is 12.1 Å². The molecule has 78 valence electrons. The van der Waals surface area contributed by atoms with Gasteiger partial charge in [0, 0.05) is 12.2 Å². The summed E-state index contributed by atoms with van der Waals surface area (Å²) in [4.78, 5) is 2.20. The molecule has 1 aromatic carbocycles. The van der Waals surface area contributed by atoms with Gasteiger partial charge in [-0.25, -0.2) is 0 Å². The summed E-state index contributed by atoms with van der Waals surface area (Å²) in [6.07, 6.45) is -0.310. The average molecular weight is 193 g/mol. The smallest absolute Gasteiger partial charge is 0.0712 e. The van der Waals surface area contributed by atoms with Crippen molar-refractivity contribution in [1.82, 2.24) is 0 Å². The minimum Gasteiger partial charge on any atom is -0.391 e. The second kappa shape index (κ2) is 5.01. The Bertz CT molecular complexity index is 258. The van der Waals surface area contributed by atoms with Gasteiger partial charge < -0.3 is 10.0 Å². The van der Waals surface area contributed by atoms with Gasteiger partial charge in [0.25, 0.3) is 0 Å². The van der Waals surface area contributed by atoms with Gasteiger partial charge in [0.15, 0.2) is 0 Å². The summed E-state index contributed by atoms with van der Waals surface area (Å²) >= 11 is 0. The second-order valence-corrected chi connectivity index (χ2v) is 3.60. The van der Waals surface area contributed by atoms with Gasteiger partial charge in [-0.05, 0) is 32.9 Å². The molecule has 0 heterocycles. The van der Waals surface area contributed by atoms with Crippen molar-refractivity contribution in [3.8, 4) is 0 Å². The topological polar surface area (TPSA) is 23.5 Å². The molecule has 0 aliphatic heterocycles. The van der Waals surface area contributed by atoms with E-state index in [2.05, 4.69) is 24.0 Å². The lowest BCUT2D eigenvalue weighted by molar-refractivity contribution is 0.166. The Morgan fingerprint density at radius 3 is 2.21 bits per heavy atom. The molecule has 0 amide bonds. The minimum absolute atomic E-state index is 0.155. The monoisotopic (exact) mass is 193 g/mol. The molecule has 0 spiro atoms. The van der Waals surface area contributed by atoms with Crippen LogP contribution in [0.5, 0.6) is 0 Å². The Morgan fingerprint density at radius 1 is 1.21 bits per heavy atom. The van der Waals surface area contributed by atoms with Crippen LogP contribution in [0.4, 0.5) is 5.69 Å². The van der Waals surface area contributed by atoms with Gasteiger partial charge in [-0.1, -0.05) is 18.2 Å². The molecule has 0 aliphatic rings. The second-order valence-electron chi connectivity index (χ2n) is 3.60. The molecule has 0 saturated heterocycles. The summed E-state index contributed by atoms with van der Waals surface area (Å²) in [5.41, 5.74) is 1.17. The van der Waals surface area contributed by atoms with Gasteiger partial charge in [-0.3, -0.25) is 0 Å². The lowest BCUT2D eigenvalue weighted by atomic mass is 10.1. The molecule has 14 heavy (non-hydrogen) atoms. The van der Waals surface area contributed by atoms with Crippen molar-refractivity contribution in [2.45, 2.75) is 32.9 Å². The van der Waals surface area contributed by atoms with Crippen LogP contribution in [0.25, 0.3) is 0 Å². The van der Waals surface area contributed by atoms with Crippen LogP contribution in [0.15, 0.2) is 30.3 Å². The van der Waals surface area contributed by atoms with E-state index in [0.29, 0.717) is 0 Å². The summed E-state index contributed by atoms with van der Waals surface area (Å²) in [5.74, 6) is 0. The molecule has 2 unspecified atom stereocenters. The van der Waals surface area contributed by atoms with Crippen molar-refractivity contribution in [3.63, 3.8) is 0 Å². The maximum Gasteiger partial charge on any atom is 0.0712 e. The van der Waals surface area contributed by atoms with Crippen LogP contribution in [0, 0.1) is 0 Å². The average Bonchev–Trinajstić information content (AvgIpc) is 2.20. The van der Waals surface area contributed by atoms with E-state index in [0.717, 1.165) is 6.54 Å². The number of nitrogens with zero attached hydrogens (tertiary/aromatic N) is 1. The first kappa shape index (κ1) is 11.1. The molecule has 0 saturated carbocycles. The van der Waals surface area contributed by atoms with E-state index in [-0.39, 0.29) is 12.1 Å². The van der Waals surface area contributed by atoms with Crippen LogP contribution in [-0.2, 0) is 0 Å². The minimum atomic E-state index is -0.310. The van der Waals surface area contributed by atoms with Gasteiger partial charge in [0.2, 0.25) is 0 Å². The number of benzene rings is 1. The van der Waals surface area contributed by atoms with Crippen molar-refractivity contribution in [1.29, 1.82) is 0 Å². The molecule has 0 aliphatic carbocycles. The van der Waals surface area contributed by atoms with Crippen molar-refractivity contribution < 1.29 is 5.11 Å². The lowest BCUT2D eigenvalue weighted by Gasteiger charge is -2.32. The fraction of sp³-hybridized carbons (Fsp3) is 0.500. The molecule has 0 fully saturated rings. The van der Waals surface area contributed by atoms with Crippen molar-refractivity contribution in [2.24, 2.45) is 0 Å². The fourth-order valence-corrected chi connectivity index (χ4v) is 1.59. The zero-order valence-electron chi connectivity index (χ0n) is 9.14. The number of likely N-dealkylation sites (N-methyl/N-ethyl adjacent to an activating group) is 1. The quantitative estimate of drug-likeness (QED) is 0.793. The number of hydrogen-bond acceptors (Lipinski definition) is 2. The summed E-state index contributed by atoms with van der Waals surface area (Å²) in [6, 6.07) is 10.3. The van der Waals surface area contributed by atoms with Crippen molar-refractivity contribution in [2.75, 3.05) is 11.4 Å². The highest BCUT2D eigenvalue weighted by Gasteiger charge is 2.16. The Hall–Kier alpha value is -1.02. The van der Waals surface area contributed by atoms with Crippen LogP contribution in [-0.4, -0.2) is 23.8 Å². The van der Waals surface area contributed by atoms with E-state index in [9.17, 15) is 5.11 Å². The molecule has 1 N–H and O–H groups in total. The Kier molecular flexibility index (Phi) is 3.96. The van der Waals surface area contributed by atoms with E-state index in [1.165, 1.54) is 5.69 Å². The highest BCUT2D eigenvalue weighted by atomic mass is 16.3. The van der Waals surface area contributed by atoms with Crippen LogP contribution in [0.1, 0.15) is 20.8 Å². The number of anilines is 1. The van der Waals surface area contributed by atoms with Crippen LogP contribution >= 0.6 is 0 Å². The van der Waals surface area contributed by atoms with Crippen molar-refractivity contribution >= 4 is 5.69 Å². The molecule has 1 rings (SSSR count). The van der Waals surface area contributed by atoms with Gasteiger partial charge in [-0.2, -0.15) is 0 Å². The molecule has 0 aromatic heterocycles. The molecular formula is C12H19NO. The van der Waals surface area contributed by atoms with E-state index < -0.39 is 0 Å². The van der Waals surface area contributed by atoms with E-state index in [4.69, 9.17) is 0 Å². The lowest BCUT2D eigenvalue weighted by Crippen LogP contribution is -2.40. The predicted molar refractivity (Wildman–Crippen MR) is 60.6 cm³/mol. The first-order chi connectivity index (χ1) is 6.66. The molecule has 0 radical (unpaired) electrons. The van der Waals surface area contributed by atoms with E-state index in [1.807, 2.05) is 32.0 Å². The van der Waals surface area contributed by atoms with E-state index >= 15 is 0 Å². The van der Waals surface area contributed by atoms with Gasteiger partial charge in [0.1, 0.15) is 0 Å². The zero-order valence-corrected chi connectivity index (χ0v) is 9.14. The Morgan fingerprint density at radius 2 is 1.79 bits per heavy atom. The largest absolute Gasteiger partial charge is 0.391 e. The zero-order chi connectivity index (χ0) is 10.6. The molecule has 1 aromatic rings.